The summed E-state index contributed by atoms with van der Waals surface area (Å²) < 4.78 is 0. The van der Waals surface area contributed by atoms with E-state index in [1.165, 1.54) is 4.90 Å². The van der Waals surface area contributed by atoms with Gasteiger partial charge in [0.15, 0.2) is 0 Å². The van der Waals surface area contributed by atoms with Crippen LogP contribution >= 0.6 is 0 Å². The van der Waals surface area contributed by atoms with Crippen LogP contribution in [0, 0.1) is 11.8 Å². The Balaban J connectivity index is 1.53. The Kier molecular flexibility index (Phi) is 7.97. The Labute approximate surface area is 230 Å². The summed E-state index contributed by atoms with van der Waals surface area (Å²) in [5.41, 5.74) is 11.7. The zero-order valence-electron chi connectivity index (χ0n) is 23.9. The number of amides is 1. The van der Waals surface area contributed by atoms with Gasteiger partial charge in [0.2, 0.25) is 0 Å². The molecule has 0 radical (unpaired) electrons. The van der Waals surface area contributed by atoms with Gasteiger partial charge < -0.3 is 20.8 Å². The number of hydrogen-bond acceptors (Lipinski definition) is 4. The molecule has 4 aromatic rings. The first kappa shape index (κ1) is 28.1. The van der Waals surface area contributed by atoms with E-state index in [1.807, 2.05) is 40.8 Å². The molecule has 2 aromatic carbocycles. The van der Waals surface area contributed by atoms with Crippen LogP contribution in [0.4, 0.5) is 4.79 Å². The van der Waals surface area contributed by atoms with E-state index in [4.69, 9.17) is 5.73 Å². The molecule has 2 atom stereocenters. The summed E-state index contributed by atoms with van der Waals surface area (Å²) in [7, 11) is 0. The predicted octanol–water partition coefficient (Wildman–Crippen LogP) is 7.27. The van der Waals surface area contributed by atoms with Crippen molar-refractivity contribution >= 4 is 6.09 Å². The molecule has 0 unspecified atom stereocenters. The molecule has 0 aliphatic carbocycles. The quantitative estimate of drug-likeness (QED) is 0.191. The maximum absolute atomic E-state index is 12.1. The smallest absolute Gasteiger partial charge is 0.408 e. The van der Waals surface area contributed by atoms with Crippen LogP contribution in [0.25, 0.3) is 33.6 Å². The van der Waals surface area contributed by atoms with E-state index in [2.05, 4.69) is 82.3 Å². The highest BCUT2D eigenvalue weighted by Crippen LogP contribution is 2.34. The number of nitrogens with two attached hydrogens (primary N) is 1. The first-order chi connectivity index (χ1) is 18.4. The number of hydrogen-bond donors (Lipinski definition) is 4. The van der Waals surface area contributed by atoms with Crippen LogP contribution in [0.5, 0.6) is 0 Å². The van der Waals surface area contributed by atoms with Crippen molar-refractivity contribution in [1.82, 2.24) is 24.8 Å². The highest BCUT2D eigenvalue weighted by atomic mass is 16.4. The average Bonchev–Trinajstić information content (AvgIpc) is 3.56. The van der Waals surface area contributed by atoms with E-state index in [0.29, 0.717) is 11.7 Å². The lowest BCUT2D eigenvalue weighted by atomic mass is 9.96. The number of carboxylic acid groups (broad SMARTS) is 1. The Morgan fingerprint density at radius 1 is 0.769 bits per heavy atom. The van der Waals surface area contributed by atoms with Crippen molar-refractivity contribution in [2.75, 3.05) is 0 Å². The third-order valence-corrected chi connectivity index (χ3v) is 7.07. The van der Waals surface area contributed by atoms with E-state index < -0.39 is 11.6 Å². The third-order valence-electron chi connectivity index (χ3n) is 7.07. The Bertz CT molecular complexity index is 1390. The van der Waals surface area contributed by atoms with Crippen LogP contribution in [-0.4, -0.2) is 41.6 Å². The van der Waals surface area contributed by atoms with Crippen molar-refractivity contribution in [3.63, 3.8) is 0 Å². The van der Waals surface area contributed by atoms with E-state index >= 15 is 0 Å². The molecule has 2 aromatic heterocycles. The lowest BCUT2D eigenvalue weighted by Gasteiger charge is -2.40. The number of rotatable bonds is 8. The standard InChI is InChI=1S/C31H40N6O2/c1-18(2)26(32)28-33-16-24(35-28)22-12-8-20(9-13-22)21-10-14-23(15-11-21)25-17-34-29(36-25)27(19(3)4)37(30(38)39)31(5,6)7/h8-19,26-27H,32H2,1-7H3,(H,33,35)(H,34,36)(H,38,39)/t26-,27-/m0/s1. The number of nitrogens with one attached hydrogen (secondary N) is 2. The van der Waals surface area contributed by atoms with E-state index in [1.54, 1.807) is 6.20 Å². The minimum absolute atomic E-state index is 0.0463. The number of aromatic nitrogens is 4. The topological polar surface area (TPSA) is 124 Å². The second-order valence-corrected chi connectivity index (χ2v) is 11.8. The van der Waals surface area contributed by atoms with Crippen molar-refractivity contribution < 1.29 is 9.90 Å². The second-order valence-electron chi connectivity index (χ2n) is 11.8. The van der Waals surface area contributed by atoms with Crippen LogP contribution in [0.1, 0.15) is 72.2 Å². The van der Waals surface area contributed by atoms with Crippen LogP contribution in [0.15, 0.2) is 60.9 Å². The van der Waals surface area contributed by atoms with Crippen LogP contribution < -0.4 is 5.73 Å². The van der Waals surface area contributed by atoms with Crippen LogP contribution in [0.2, 0.25) is 0 Å². The number of carbonyl (C=O) groups is 1. The molecular weight excluding hydrogens is 488 g/mol. The van der Waals surface area contributed by atoms with Gasteiger partial charge in [-0.15, -0.1) is 0 Å². The molecular formula is C31H40N6O2. The number of aromatic amines is 2. The molecule has 0 fully saturated rings. The Hall–Kier alpha value is -3.91. The zero-order valence-corrected chi connectivity index (χ0v) is 23.9. The summed E-state index contributed by atoms with van der Waals surface area (Å²) in [6.07, 6.45) is 2.66. The summed E-state index contributed by atoms with van der Waals surface area (Å²) in [5.74, 6) is 1.80. The van der Waals surface area contributed by atoms with Gasteiger partial charge in [-0.25, -0.2) is 14.8 Å². The summed E-state index contributed by atoms with van der Waals surface area (Å²) in [4.78, 5) is 29.4. The maximum Gasteiger partial charge on any atom is 0.408 e. The fourth-order valence-corrected chi connectivity index (χ4v) is 4.85. The van der Waals surface area contributed by atoms with Crippen molar-refractivity contribution in [1.29, 1.82) is 0 Å². The number of H-pyrrole nitrogens is 2. The lowest BCUT2D eigenvalue weighted by molar-refractivity contribution is 0.0505. The van der Waals surface area contributed by atoms with Gasteiger partial charge in [0.25, 0.3) is 0 Å². The second kappa shape index (κ2) is 11.1. The molecule has 8 nitrogen and oxygen atoms in total. The largest absolute Gasteiger partial charge is 0.465 e. The minimum Gasteiger partial charge on any atom is -0.465 e. The van der Waals surface area contributed by atoms with Gasteiger partial charge in [0.1, 0.15) is 11.6 Å². The van der Waals surface area contributed by atoms with E-state index in [9.17, 15) is 9.90 Å². The monoisotopic (exact) mass is 528 g/mol. The molecule has 1 amide bonds. The van der Waals surface area contributed by atoms with Gasteiger partial charge in [-0.1, -0.05) is 76.2 Å². The summed E-state index contributed by atoms with van der Waals surface area (Å²) >= 11 is 0. The van der Waals surface area contributed by atoms with Gasteiger partial charge >= 0.3 is 6.09 Å². The molecule has 0 saturated carbocycles. The number of nitrogens with zero attached hydrogens (tertiary/aromatic N) is 3. The number of benzene rings is 2. The molecule has 0 bridgehead atoms. The molecule has 206 valence electrons. The van der Waals surface area contributed by atoms with Crippen molar-refractivity contribution in [3.05, 3.63) is 72.6 Å². The molecule has 4 rings (SSSR count). The van der Waals surface area contributed by atoms with Gasteiger partial charge in [0.05, 0.1) is 35.9 Å². The van der Waals surface area contributed by atoms with E-state index in [0.717, 1.165) is 39.5 Å². The van der Waals surface area contributed by atoms with E-state index in [-0.39, 0.29) is 18.0 Å². The predicted molar refractivity (Wildman–Crippen MR) is 156 cm³/mol. The first-order valence-corrected chi connectivity index (χ1v) is 13.5. The summed E-state index contributed by atoms with van der Waals surface area (Å²) in [6, 6.07) is 16.1. The molecule has 0 spiro atoms. The lowest BCUT2D eigenvalue weighted by Crippen LogP contribution is -2.49. The molecule has 5 N–H and O–H groups in total. The molecule has 0 saturated heterocycles. The fourth-order valence-electron chi connectivity index (χ4n) is 4.85. The SMILES string of the molecule is CC(C)[C@H](N)c1ncc(-c2ccc(-c3ccc(-c4cnc([C@H](C(C)C)N(C(=O)O)C(C)(C)C)[nH]4)cc3)cc2)[nH]1. The maximum atomic E-state index is 12.1. The van der Waals surface area contributed by atoms with Crippen LogP contribution in [-0.2, 0) is 0 Å². The van der Waals surface area contributed by atoms with Crippen LogP contribution in [0.3, 0.4) is 0 Å². The summed E-state index contributed by atoms with van der Waals surface area (Å²) in [5, 5.41) is 9.95. The molecule has 39 heavy (non-hydrogen) atoms. The highest BCUT2D eigenvalue weighted by molar-refractivity contribution is 5.71. The third kappa shape index (κ3) is 6.06. The first-order valence-electron chi connectivity index (χ1n) is 13.5. The Morgan fingerprint density at radius 3 is 1.56 bits per heavy atom. The molecule has 0 aliphatic heterocycles. The van der Waals surface area contributed by atoms with Gasteiger partial charge in [-0.3, -0.25) is 4.90 Å². The average molecular weight is 529 g/mol. The van der Waals surface area contributed by atoms with Crippen molar-refractivity contribution in [3.8, 4) is 33.6 Å². The normalized spacial score (nSPS) is 13.6. The minimum atomic E-state index is -0.957. The van der Waals surface area contributed by atoms with Crippen molar-refractivity contribution in [2.45, 2.75) is 66.1 Å². The van der Waals surface area contributed by atoms with Crippen molar-refractivity contribution in [2.24, 2.45) is 17.6 Å². The molecule has 2 heterocycles. The number of imidazole rings is 2. The van der Waals surface area contributed by atoms with Gasteiger partial charge in [-0.2, -0.15) is 0 Å². The Morgan fingerprint density at radius 2 is 1.18 bits per heavy atom. The molecule has 8 heteroatoms. The fraction of sp³-hybridized carbons (Fsp3) is 0.387. The van der Waals surface area contributed by atoms with Gasteiger partial charge in [0, 0.05) is 5.54 Å². The summed E-state index contributed by atoms with van der Waals surface area (Å²) in [6.45, 7) is 13.9. The van der Waals surface area contributed by atoms with Gasteiger partial charge in [-0.05, 0) is 54.9 Å². The highest BCUT2D eigenvalue weighted by Gasteiger charge is 2.37. The zero-order chi connectivity index (χ0) is 28.5. The molecule has 0 aliphatic rings.